The maximum atomic E-state index is 12.3. The number of nitrogens with zero attached hydrogens (tertiary/aromatic N) is 4. The van der Waals surface area contributed by atoms with E-state index in [4.69, 9.17) is 0 Å². The highest BCUT2D eigenvalue weighted by Crippen LogP contribution is 2.19. The Hall–Kier alpha value is -0.950. The van der Waals surface area contributed by atoms with Gasteiger partial charge in [0.25, 0.3) is 0 Å². The van der Waals surface area contributed by atoms with Crippen molar-refractivity contribution in [3.8, 4) is 0 Å². The van der Waals surface area contributed by atoms with Gasteiger partial charge in [0.2, 0.25) is 5.91 Å². The second-order valence-electron chi connectivity index (χ2n) is 7.22. The summed E-state index contributed by atoms with van der Waals surface area (Å²) in [4.78, 5) is 23.3. The van der Waals surface area contributed by atoms with Gasteiger partial charge in [-0.05, 0) is 32.9 Å². The molecule has 2 saturated heterocycles. The lowest BCUT2D eigenvalue weighted by molar-refractivity contribution is -0.131. The predicted molar refractivity (Wildman–Crippen MR) is 103 cm³/mol. The summed E-state index contributed by atoms with van der Waals surface area (Å²) in [7, 11) is 1.84. The van der Waals surface area contributed by atoms with Gasteiger partial charge in [-0.3, -0.25) is 14.7 Å². The molecule has 2 aliphatic rings. The molecule has 24 heavy (non-hydrogen) atoms. The highest BCUT2D eigenvalue weighted by molar-refractivity contribution is 7.99. The van der Waals surface area contributed by atoms with Crippen LogP contribution in [0.25, 0.3) is 0 Å². The van der Waals surface area contributed by atoms with Crippen LogP contribution in [0.4, 0.5) is 0 Å². The molecule has 138 valence electrons. The Kier molecular flexibility index (Phi) is 7.22. The van der Waals surface area contributed by atoms with Crippen molar-refractivity contribution in [1.82, 2.24) is 20.0 Å². The molecule has 0 aromatic heterocycles. The lowest BCUT2D eigenvalue weighted by atomic mass is 10.2. The Morgan fingerprint density at radius 1 is 1.08 bits per heavy atom. The summed E-state index contributed by atoms with van der Waals surface area (Å²) in [5.41, 5.74) is 0. The zero-order valence-corrected chi connectivity index (χ0v) is 16.5. The van der Waals surface area contributed by atoms with E-state index >= 15 is 0 Å². The van der Waals surface area contributed by atoms with E-state index in [1.807, 2.05) is 23.7 Å². The first-order valence-corrected chi connectivity index (χ1v) is 10.2. The van der Waals surface area contributed by atoms with Gasteiger partial charge < -0.3 is 15.1 Å². The molecule has 1 N–H and O–H groups in total. The number of thioether (sulfide) groups is 1. The molecule has 2 heterocycles. The molecule has 1 amide bonds. The van der Waals surface area contributed by atoms with Crippen molar-refractivity contribution in [1.29, 1.82) is 0 Å². The number of nitrogens with one attached hydrogen (secondary N) is 1. The van der Waals surface area contributed by atoms with E-state index in [0.29, 0.717) is 12.5 Å². The van der Waals surface area contributed by atoms with E-state index in [-0.39, 0.29) is 4.75 Å². The average Bonchev–Trinajstić information content (AvgIpc) is 3.11. The minimum absolute atomic E-state index is 0.194. The quantitative estimate of drug-likeness (QED) is 0.588. The van der Waals surface area contributed by atoms with E-state index in [1.165, 1.54) is 0 Å². The number of hydrogen-bond donors (Lipinski definition) is 1. The number of likely N-dealkylation sites (tertiary alicyclic amines) is 1. The van der Waals surface area contributed by atoms with Crippen LogP contribution in [0.5, 0.6) is 0 Å². The first-order valence-electron chi connectivity index (χ1n) is 8.96. The number of amides is 1. The number of aliphatic imine (C=N–C) groups is 1. The minimum Gasteiger partial charge on any atom is -0.355 e. The van der Waals surface area contributed by atoms with E-state index in [0.717, 1.165) is 64.6 Å². The molecular weight excluding hydrogens is 322 g/mol. The van der Waals surface area contributed by atoms with Gasteiger partial charge in [0.1, 0.15) is 0 Å². The molecule has 2 rings (SSSR count). The average molecular weight is 356 g/mol. The van der Waals surface area contributed by atoms with Crippen LogP contribution in [0.15, 0.2) is 4.99 Å². The summed E-state index contributed by atoms with van der Waals surface area (Å²) in [6, 6.07) is 0. The Balaban J connectivity index is 1.75. The zero-order chi connectivity index (χ0) is 17.6. The van der Waals surface area contributed by atoms with Crippen molar-refractivity contribution < 1.29 is 4.79 Å². The molecule has 0 aliphatic carbocycles. The van der Waals surface area contributed by atoms with Crippen molar-refractivity contribution in [2.24, 2.45) is 4.99 Å². The van der Waals surface area contributed by atoms with Crippen LogP contribution in [0, 0.1) is 0 Å². The molecule has 0 saturated carbocycles. The maximum Gasteiger partial charge on any atom is 0.236 e. The second-order valence-corrected chi connectivity index (χ2v) is 8.73. The van der Waals surface area contributed by atoms with Gasteiger partial charge >= 0.3 is 0 Å². The van der Waals surface area contributed by atoms with Crippen LogP contribution in [0.2, 0.25) is 0 Å². The molecule has 7 heteroatoms. The summed E-state index contributed by atoms with van der Waals surface area (Å²) < 4.78 is 0.194. The van der Waals surface area contributed by atoms with Crippen LogP contribution >= 0.6 is 11.8 Å². The Bertz CT molecular complexity index is 440. The molecule has 0 spiro atoms. The first-order chi connectivity index (χ1) is 11.4. The molecule has 0 atom stereocenters. The molecule has 6 nitrogen and oxygen atoms in total. The molecule has 2 fully saturated rings. The molecule has 0 unspecified atom stereocenters. The molecule has 0 aromatic rings. The van der Waals surface area contributed by atoms with Crippen molar-refractivity contribution in [2.45, 2.75) is 31.4 Å². The first kappa shape index (κ1) is 19.4. The third-order valence-corrected chi connectivity index (χ3v) is 6.18. The number of carbonyl (C=O) groups is 1. The summed E-state index contributed by atoms with van der Waals surface area (Å²) in [5.74, 6) is 1.27. The Morgan fingerprint density at radius 3 is 2.25 bits per heavy atom. The van der Waals surface area contributed by atoms with Gasteiger partial charge in [0, 0.05) is 57.6 Å². The van der Waals surface area contributed by atoms with Crippen LogP contribution < -0.4 is 5.32 Å². The molecule has 0 bridgehead atoms. The van der Waals surface area contributed by atoms with E-state index in [2.05, 4.69) is 40.2 Å². The normalized spacial score (nSPS) is 20.6. The van der Waals surface area contributed by atoms with Crippen LogP contribution in [0.1, 0.15) is 26.7 Å². The van der Waals surface area contributed by atoms with Gasteiger partial charge in [-0.25, -0.2) is 0 Å². The topological polar surface area (TPSA) is 51.2 Å². The highest BCUT2D eigenvalue weighted by Gasteiger charge is 2.25. The van der Waals surface area contributed by atoms with Gasteiger partial charge in [0.15, 0.2) is 5.96 Å². The monoisotopic (exact) mass is 355 g/mol. The largest absolute Gasteiger partial charge is 0.355 e. The lowest BCUT2D eigenvalue weighted by Crippen LogP contribution is -2.55. The standard InChI is InChI=1S/C17H33N5OS/c1-17(2,24-4)14-19-16(18-3)22-11-9-20(10-12-22)13-15(23)21-7-5-6-8-21/h5-14H2,1-4H3,(H,18,19). The van der Waals surface area contributed by atoms with Gasteiger partial charge in [-0.1, -0.05) is 0 Å². The third-order valence-electron chi connectivity index (χ3n) is 4.93. The van der Waals surface area contributed by atoms with Gasteiger partial charge in [0.05, 0.1) is 6.54 Å². The maximum absolute atomic E-state index is 12.3. The predicted octanol–water partition coefficient (Wildman–Crippen LogP) is 0.943. The second kappa shape index (κ2) is 8.94. The minimum atomic E-state index is 0.194. The highest BCUT2D eigenvalue weighted by atomic mass is 32.2. The number of guanidine groups is 1. The summed E-state index contributed by atoms with van der Waals surface area (Å²) in [5, 5.41) is 3.49. The molecular formula is C17H33N5OS. The summed E-state index contributed by atoms with van der Waals surface area (Å²) in [6.07, 6.45) is 4.46. The van der Waals surface area contributed by atoms with Crippen molar-refractivity contribution >= 4 is 23.6 Å². The van der Waals surface area contributed by atoms with E-state index in [1.54, 1.807) is 0 Å². The van der Waals surface area contributed by atoms with E-state index < -0.39 is 0 Å². The van der Waals surface area contributed by atoms with E-state index in [9.17, 15) is 4.79 Å². The fourth-order valence-corrected chi connectivity index (χ4v) is 3.29. The third kappa shape index (κ3) is 5.55. The fourth-order valence-electron chi connectivity index (χ4n) is 3.07. The fraction of sp³-hybridized carbons (Fsp3) is 0.882. The van der Waals surface area contributed by atoms with Crippen molar-refractivity contribution in [2.75, 3.05) is 65.7 Å². The van der Waals surface area contributed by atoms with Gasteiger partial charge in [-0.2, -0.15) is 11.8 Å². The molecule has 2 aliphatic heterocycles. The lowest BCUT2D eigenvalue weighted by Gasteiger charge is -2.37. The number of piperazine rings is 1. The van der Waals surface area contributed by atoms with Crippen LogP contribution in [-0.2, 0) is 4.79 Å². The van der Waals surface area contributed by atoms with Crippen molar-refractivity contribution in [3.63, 3.8) is 0 Å². The van der Waals surface area contributed by atoms with Crippen LogP contribution in [-0.4, -0.2) is 97.0 Å². The SMILES string of the molecule is CN=C(NCC(C)(C)SC)N1CCN(CC(=O)N2CCCC2)CC1. The number of hydrogen-bond acceptors (Lipinski definition) is 4. The number of carbonyl (C=O) groups excluding carboxylic acids is 1. The van der Waals surface area contributed by atoms with Crippen LogP contribution in [0.3, 0.4) is 0 Å². The van der Waals surface area contributed by atoms with Crippen molar-refractivity contribution in [3.05, 3.63) is 0 Å². The van der Waals surface area contributed by atoms with Gasteiger partial charge in [-0.15, -0.1) is 0 Å². The molecule has 0 aromatic carbocycles. The number of rotatable bonds is 5. The molecule has 0 radical (unpaired) electrons. The zero-order valence-electron chi connectivity index (χ0n) is 15.7. The summed E-state index contributed by atoms with van der Waals surface area (Å²) >= 11 is 1.86. The Labute approximate surface area is 151 Å². The Morgan fingerprint density at radius 2 is 1.71 bits per heavy atom. The summed E-state index contributed by atoms with van der Waals surface area (Å²) in [6.45, 7) is 11.5. The smallest absolute Gasteiger partial charge is 0.236 e.